The van der Waals surface area contributed by atoms with Crippen molar-refractivity contribution in [3.63, 3.8) is 0 Å². The zero-order valence-corrected chi connectivity index (χ0v) is 10.1. The summed E-state index contributed by atoms with van der Waals surface area (Å²) in [5.41, 5.74) is 4.23. The fourth-order valence-electron chi connectivity index (χ4n) is 1.12. The summed E-state index contributed by atoms with van der Waals surface area (Å²) in [6.07, 6.45) is 0. The molecule has 0 spiro atoms. The summed E-state index contributed by atoms with van der Waals surface area (Å²) in [5.74, 6) is -2.55. The predicted octanol–water partition coefficient (Wildman–Crippen LogP) is 1.68. The lowest BCUT2D eigenvalue weighted by Gasteiger charge is -2.18. The number of carboxylic acids is 1. The molecule has 98 valence electrons. The number of benzene rings is 1. The van der Waals surface area contributed by atoms with Crippen LogP contribution in [0.5, 0.6) is 0 Å². The molecule has 0 radical (unpaired) electrons. The summed E-state index contributed by atoms with van der Waals surface area (Å²) in [5, 5.41) is 8.84. The number of carbonyl (C=O) groups excluding carboxylic acids is 1. The largest absolute Gasteiger partial charge is 0.481 e. The highest BCUT2D eigenvalue weighted by Gasteiger charge is 2.29. The first-order valence-corrected chi connectivity index (χ1v) is 5.19. The fraction of sp³-hybridized carbons (Fsp3) is 0.333. The molecule has 3 N–H and O–H groups in total. The minimum atomic E-state index is -1.20. The average molecular weight is 255 g/mol. The van der Waals surface area contributed by atoms with E-state index in [4.69, 9.17) is 15.6 Å². The van der Waals surface area contributed by atoms with Crippen LogP contribution in [-0.2, 0) is 9.53 Å². The molecule has 0 unspecified atom stereocenters. The van der Waals surface area contributed by atoms with Gasteiger partial charge < -0.3 is 15.6 Å². The third kappa shape index (κ3) is 3.44. The molecule has 6 heteroatoms. The Kier molecular flexibility index (Phi) is 3.90. The molecule has 1 rings (SSSR count). The van der Waals surface area contributed by atoms with Gasteiger partial charge in [-0.15, -0.1) is 0 Å². The first-order valence-electron chi connectivity index (χ1n) is 5.19. The number of esters is 1. The molecule has 0 saturated heterocycles. The molecule has 18 heavy (non-hydrogen) atoms. The molecule has 1 aromatic rings. The van der Waals surface area contributed by atoms with Crippen molar-refractivity contribution in [1.82, 2.24) is 0 Å². The number of carboxylic acid groups (broad SMARTS) is 1. The minimum Gasteiger partial charge on any atom is -0.481 e. The van der Waals surface area contributed by atoms with Crippen LogP contribution in [0.25, 0.3) is 0 Å². The van der Waals surface area contributed by atoms with Gasteiger partial charge in [0.2, 0.25) is 0 Å². The number of nitrogen functional groups attached to an aromatic ring is 1. The van der Waals surface area contributed by atoms with Gasteiger partial charge in [0.15, 0.2) is 0 Å². The Morgan fingerprint density at radius 3 is 2.50 bits per heavy atom. The molecule has 0 heterocycles. The van der Waals surface area contributed by atoms with Gasteiger partial charge in [-0.1, -0.05) is 0 Å². The number of nitrogens with two attached hydrogens (primary N) is 1. The number of ether oxygens (including phenoxy) is 1. The molecule has 0 fully saturated rings. The first kappa shape index (κ1) is 14.0. The van der Waals surface area contributed by atoms with Crippen molar-refractivity contribution in [2.75, 3.05) is 12.3 Å². The second-order valence-electron chi connectivity index (χ2n) is 4.54. The molecule has 5 nitrogen and oxygen atoms in total. The van der Waals surface area contributed by atoms with Crippen molar-refractivity contribution < 1.29 is 23.8 Å². The van der Waals surface area contributed by atoms with Crippen LogP contribution in [0.3, 0.4) is 0 Å². The number of hydrogen-bond acceptors (Lipinski definition) is 4. The van der Waals surface area contributed by atoms with E-state index in [1.165, 1.54) is 19.9 Å². The van der Waals surface area contributed by atoms with E-state index >= 15 is 0 Å². The van der Waals surface area contributed by atoms with E-state index in [1.54, 1.807) is 0 Å². The molecular formula is C12H14FNO4. The molecule has 0 bridgehead atoms. The summed E-state index contributed by atoms with van der Waals surface area (Å²) in [7, 11) is 0. The number of rotatable bonds is 4. The van der Waals surface area contributed by atoms with Gasteiger partial charge in [-0.2, -0.15) is 0 Å². The maximum Gasteiger partial charge on any atom is 0.338 e. The normalized spacial score (nSPS) is 11.1. The zero-order chi connectivity index (χ0) is 13.9. The van der Waals surface area contributed by atoms with Gasteiger partial charge in [-0.3, -0.25) is 4.79 Å². The third-order valence-corrected chi connectivity index (χ3v) is 2.30. The van der Waals surface area contributed by atoms with E-state index in [1.807, 2.05) is 0 Å². The number of anilines is 1. The van der Waals surface area contributed by atoms with E-state index in [0.29, 0.717) is 0 Å². The van der Waals surface area contributed by atoms with Crippen LogP contribution in [0.1, 0.15) is 24.2 Å². The SMILES string of the molecule is CC(C)(COC(=O)c1cc(N)cc(F)c1)C(=O)O. The van der Waals surface area contributed by atoms with E-state index in [9.17, 15) is 14.0 Å². The van der Waals surface area contributed by atoms with E-state index < -0.39 is 23.2 Å². The molecule has 0 aliphatic carbocycles. The molecule has 0 aliphatic rings. The Balaban J connectivity index is 2.75. The molecule has 0 atom stereocenters. The Labute approximate surface area is 103 Å². The van der Waals surface area contributed by atoms with Crippen LogP contribution in [0.15, 0.2) is 18.2 Å². The van der Waals surface area contributed by atoms with E-state index in [2.05, 4.69) is 0 Å². The van der Waals surface area contributed by atoms with Crippen molar-refractivity contribution in [3.8, 4) is 0 Å². The number of aliphatic carboxylic acids is 1. The van der Waals surface area contributed by atoms with Crippen LogP contribution >= 0.6 is 0 Å². The van der Waals surface area contributed by atoms with Gasteiger partial charge in [0, 0.05) is 5.69 Å². The van der Waals surface area contributed by atoms with Crippen LogP contribution in [0, 0.1) is 11.2 Å². The van der Waals surface area contributed by atoms with E-state index in [0.717, 1.165) is 12.1 Å². The summed E-state index contributed by atoms with van der Waals surface area (Å²) >= 11 is 0. The molecule has 0 amide bonds. The Bertz CT molecular complexity index is 465. The standard InChI is InChI=1S/C12H14FNO4/c1-12(2,11(16)17)6-18-10(15)7-3-8(13)5-9(14)4-7/h3-5H,6,14H2,1-2H3,(H,16,17). The highest BCUT2D eigenvalue weighted by molar-refractivity contribution is 5.90. The van der Waals surface area contributed by atoms with Crippen molar-refractivity contribution in [2.45, 2.75) is 13.8 Å². The van der Waals surface area contributed by atoms with E-state index in [-0.39, 0.29) is 17.9 Å². The fourth-order valence-corrected chi connectivity index (χ4v) is 1.12. The summed E-state index contributed by atoms with van der Waals surface area (Å²) in [6, 6.07) is 3.31. The second kappa shape index (κ2) is 5.03. The van der Waals surface area contributed by atoms with Gasteiger partial charge >= 0.3 is 11.9 Å². The highest BCUT2D eigenvalue weighted by atomic mass is 19.1. The van der Waals surface area contributed by atoms with Crippen molar-refractivity contribution in [1.29, 1.82) is 0 Å². The number of halogens is 1. The quantitative estimate of drug-likeness (QED) is 0.631. The lowest BCUT2D eigenvalue weighted by Crippen LogP contribution is -2.30. The van der Waals surface area contributed by atoms with Crippen molar-refractivity contribution >= 4 is 17.6 Å². The monoisotopic (exact) mass is 255 g/mol. The van der Waals surface area contributed by atoms with Crippen LogP contribution in [0.4, 0.5) is 10.1 Å². The molecule has 0 saturated carbocycles. The van der Waals surface area contributed by atoms with Gasteiger partial charge in [0.05, 0.1) is 11.0 Å². The van der Waals surface area contributed by atoms with Gasteiger partial charge in [-0.05, 0) is 32.0 Å². The zero-order valence-electron chi connectivity index (χ0n) is 10.1. The highest BCUT2D eigenvalue weighted by Crippen LogP contribution is 2.17. The van der Waals surface area contributed by atoms with Crippen LogP contribution < -0.4 is 5.73 Å². The maximum absolute atomic E-state index is 13.0. The van der Waals surface area contributed by atoms with Crippen LogP contribution in [0.2, 0.25) is 0 Å². The predicted molar refractivity (Wildman–Crippen MR) is 62.5 cm³/mol. The topological polar surface area (TPSA) is 89.6 Å². The third-order valence-electron chi connectivity index (χ3n) is 2.30. The lowest BCUT2D eigenvalue weighted by molar-refractivity contribution is -0.149. The smallest absolute Gasteiger partial charge is 0.338 e. The molecular weight excluding hydrogens is 241 g/mol. The molecule has 1 aromatic carbocycles. The first-order chi connectivity index (χ1) is 8.22. The molecule has 0 aliphatic heterocycles. The Morgan fingerprint density at radius 2 is 2.00 bits per heavy atom. The Morgan fingerprint density at radius 1 is 1.39 bits per heavy atom. The van der Waals surface area contributed by atoms with Gasteiger partial charge in [-0.25, -0.2) is 9.18 Å². The minimum absolute atomic E-state index is 0.0475. The number of carbonyl (C=O) groups is 2. The second-order valence-corrected chi connectivity index (χ2v) is 4.54. The summed E-state index contributed by atoms with van der Waals surface area (Å²) in [4.78, 5) is 22.4. The van der Waals surface area contributed by atoms with Gasteiger partial charge in [0.1, 0.15) is 12.4 Å². The van der Waals surface area contributed by atoms with Crippen LogP contribution in [-0.4, -0.2) is 23.7 Å². The summed E-state index contributed by atoms with van der Waals surface area (Å²) < 4.78 is 17.8. The Hall–Kier alpha value is -2.11. The molecule has 0 aromatic heterocycles. The lowest BCUT2D eigenvalue weighted by atomic mass is 9.95. The maximum atomic E-state index is 13.0. The number of hydrogen-bond donors (Lipinski definition) is 2. The van der Waals surface area contributed by atoms with Crippen molar-refractivity contribution in [3.05, 3.63) is 29.6 Å². The van der Waals surface area contributed by atoms with Gasteiger partial charge in [0.25, 0.3) is 0 Å². The summed E-state index contributed by atoms with van der Waals surface area (Å²) in [6.45, 7) is 2.53. The average Bonchev–Trinajstić information content (AvgIpc) is 2.24. The van der Waals surface area contributed by atoms with Crippen molar-refractivity contribution in [2.24, 2.45) is 5.41 Å².